The van der Waals surface area contributed by atoms with Crippen molar-refractivity contribution in [3.05, 3.63) is 77.7 Å². The number of nitrogens with one attached hydrogen (secondary N) is 1. The molecule has 0 radical (unpaired) electrons. The number of likely N-dealkylation sites (tertiary alicyclic amines) is 1. The predicted molar refractivity (Wildman–Crippen MR) is 124 cm³/mol. The van der Waals surface area contributed by atoms with E-state index in [1.807, 2.05) is 36.4 Å². The van der Waals surface area contributed by atoms with E-state index in [0.717, 1.165) is 22.3 Å². The molecular weight excluding hydrogens is 436 g/mol. The van der Waals surface area contributed by atoms with Crippen LogP contribution in [-0.4, -0.2) is 47.2 Å². The van der Waals surface area contributed by atoms with E-state index in [-0.39, 0.29) is 30.5 Å². The molecule has 3 aromatic rings. The number of carboxylic acid groups (broad SMARTS) is 1. The second kappa shape index (κ2) is 8.06. The van der Waals surface area contributed by atoms with Crippen LogP contribution in [0, 0.1) is 5.41 Å². The van der Waals surface area contributed by atoms with Crippen molar-refractivity contribution in [1.29, 1.82) is 0 Å². The number of hydrogen-bond donors (Lipinski definition) is 2. The molecule has 1 saturated heterocycles. The van der Waals surface area contributed by atoms with Gasteiger partial charge in [0.25, 0.3) is 5.91 Å². The molecule has 2 amide bonds. The summed E-state index contributed by atoms with van der Waals surface area (Å²) in [6.07, 6.45) is 0.545. The van der Waals surface area contributed by atoms with Crippen molar-refractivity contribution in [2.24, 2.45) is 5.41 Å². The zero-order valence-electron chi connectivity index (χ0n) is 18.8. The SMILES string of the molecule is CC1(C)CN(C(=O)c2occc2NC(=O)OCC2c3ccccc3-c3ccccc32)C1C(=O)O. The van der Waals surface area contributed by atoms with Crippen LogP contribution < -0.4 is 5.32 Å². The van der Waals surface area contributed by atoms with E-state index in [1.165, 1.54) is 17.2 Å². The first kappa shape index (κ1) is 21.8. The largest absolute Gasteiger partial charge is 0.480 e. The number of ether oxygens (including phenoxy) is 1. The quantitative estimate of drug-likeness (QED) is 0.577. The molecule has 1 aliphatic carbocycles. The van der Waals surface area contributed by atoms with Crippen molar-refractivity contribution in [2.75, 3.05) is 18.5 Å². The monoisotopic (exact) mass is 460 g/mol. The molecule has 2 aromatic carbocycles. The summed E-state index contributed by atoms with van der Waals surface area (Å²) < 4.78 is 10.8. The fourth-order valence-corrected chi connectivity index (χ4v) is 5.03. The first-order valence-corrected chi connectivity index (χ1v) is 11.0. The van der Waals surface area contributed by atoms with Gasteiger partial charge in [-0.05, 0) is 22.3 Å². The molecule has 1 atom stereocenters. The van der Waals surface area contributed by atoms with Gasteiger partial charge in [-0.25, -0.2) is 9.59 Å². The Labute approximate surface area is 196 Å². The molecule has 174 valence electrons. The van der Waals surface area contributed by atoms with Crippen molar-refractivity contribution < 1.29 is 28.6 Å². The van der Waals surface area contributed by atoms with Crippen molar-refractivity contribution in [3.8, 4) is 11.1 Å². The van der Waals surface area contributed by atoms with Gasteiger partial charge < -0.3 is 19.2 Å². The third-order valence-electron chi connectivity index (χ3n) is 6.56. The van der Waals surface area contributed by atoms with Crippen molar-refractivity contribution in [1.82, 2.24) is 4.90 Å². The number of nitrogens with zero attached hydrogens (tertiary/aromatic N) is 1. The standard InChI is InChI=1S/C26H24N2O6/c1-26(2)14-28(22(26)24(30)31)23(29)21-20(11-12-33-21)27-25(32)34-13-19-17-9-5-3-7-15(17)16-8-4-6-10-18(16)19/h3-12,19,22H,13-14H2,1-2H3,(H,27,32)(H,30,31). The summed E-state index contributed by atoms with van der Waals surface area (Å²) in [6, 6.07) is 16.5. The van der Waals surface area contributed by atoms with Gasteiger partial charge in [-0.3, -0.25) is 10.1 Å². The van der Waals surface area contributed by atoms with E-state index < -0.39 is 29.4 Å². The number of amides is 2. The van der Waals surface area contributed by atoms with Crippen LogP contribution in [0.5, 0.6) is 0 Å². The number of fused-ring (bicyclic) bond motifs is 3. The lowest BCUT2D eigenvalue weighted by atomic mass is 9.74. The van der Waals surface area contributed by atoms with Gasteiger partial charge in [0.2, 0.25) is 5.76 Å². The zero-order chi connectivity index (χ0) is 24.0. The first-order valence-electron chi connectivity index (χ1n) is 11.0. The number of carbonyl (C=O) groups is 3. The summed E-state index contributed by atoms with van der Waals surface area (Å²) in [5.74, 6) is -1.90. The summed E-state index contributed by atoms with van der Waals surface area (Å²) in [4.78, 5) is 38.4. The number of hydrogen-bond acceptors (Lipinski definition) is 5. The van der Waals surface area contributed by atoms with Crippen LogP contribution in [0.25, 0.3) is 11.1 Å². The highest BCUT2D eigenvalue weighted by Crippen LogP contribution is 2.44. The number of benzene rings is 2. The van der Waals surface area contributed by atoms with Gasteiger partial charge in [0.15, 0.2) is 0 Å². The molecule has 8 nitrogen and oxygen atoms in total. The first-order chi connectivity index (χ1) is 16.3. The van der Waals surface area contributed by atoms with Crippen LogP contribution in [0.4, 0.5) is 10.5 Å². The Morgan fingerprint density at radius 1 is 1.06 bits per heavy atom. The van der Waals surface area contributed by atoms with Gasteiger partial charge in [0, 0.05) is 23.9 Å². The molecule has 2 N–H and O–H groups in total. The highest BCUT2D eigenvalue weighted by atomic mass is 16.5. The number of anilines is 1. The van der Waals surface area contributed by atoms with E-state index in [4.69, 9.17) is 9.15 Å². The van der Waals surface area contributed by atoms with Crippen LogP contribution >= 0.6 is 0 Å². The van der Waals surface area contributed by atoms with Crippen LogP contribution in [0.3, 0.4) is 0 Å². The van der Waals surface area contributed by atoms with E-state index in [1.54, 1.807) is 13.8 Å². The zero-order valence-corrected chi connectivity index (χ0v) is 18.8. The molecule has 0 saturated carbocycles. The van der Waals surface area contributed by atoms with E-state index in [0.29, 0.717) is 0 Å². The number of furan rings is 1. The summed E-state index contributed by atoms with van der Waals surface area (Å²) in [5, 5.41) is 12.1. The average molecular weight is 460 g/mol. The summed E-state index contributed by atoms with van der Waals surface area (Å²) in [5.41, 5.74) is 4.03. The number of carboxylic acids is 1. The van der Waals surface area contributed by atoms with Crippen LogP contribution in [-0.2, 0) is 9.53 Å². The minimum Gasteiger partial charge on any atom is -0.480 e. The fourth-order valence-electron chi connectivity index (χ4n) is 5.03. The second-order valence-electron chi connectivity index (χ2n) is 9.28. The second-order valence-corrected chi connectivity index (χ2v) is 9.28. The van der Waals surface area contributed by atoms with E-state index in [9.17, 15) is 19.5 Å². The third kappa shape index (κ3) is 3.51. The van der Waals surface area contributed by atoms with Gasteiger partial charge in [-0.2, -0.15) is 0 Å². The van der Waals surface area contributed by atoms with E-state index in [2.05, 4.69) is 17.4 Å². The lowest BCUT2D eigenvalue weighted by Gasteiger charge is -2.51. The Morgan fingerprint density at radius 2 is 1.68 bits per heavy atom. The minimum atomic E-state index is -1.08. The summed E-state index contributed by atoms with van der Waals surface area (Å²) in [7, 11) is 0. The maximum Gasteiger partial charge on any atom is 0.411 e. The molecule has 5 rings (SSSR count). The number of aliphatic carboxylic acids is 1. The van der Waals surface area contributed by atoms with Gasteiger partial charge in [0.05, 0.1) is 12.0 Å². The summed E-state index contributed by atoms with van der Waals surface area (Å²) in [6.45, 7) is 3.97. The van der Waals surface area contributed by atoms with Crippen LogP contribution in [0.1, 0.15) is 41.4 Å². The maximum absolute atomic E-state index is 12.9. The lowest BCUT2D eigenvalue weighted by Crippen LogP contribution is -2.67. The Morgan fingerprint density at radius 3 is 2.26 bits per heavy atom. The molecule has 1 aliphatic heterocycles. The Hall–Kier alpha value is -4.07. The van der Waals surface area contributed by atoms with Crippen molar-refractivity contribution in [3.63, 3.8) is 0 Å². The fraction of sp³-hybridized carbons (Fsp3) is 0.269. The van der Waals surface area contributed by atoms with Gasteiger partial charge in [0.1, 0.15) is 12.6 Å². The molecule has 1 aromatic heterocycles. The smallest absolute Gasteiger partial charge is 0.411 e. The molecular formula is C26H24N2O6. The Kier molecular flexibility index (Phi) is 5.16. The van der Waals surface area contributed by atoms with Crippen molar-refractivity contribution >= 4 is 23.7 Å². The average Bonchev–Trinajstić information content (AvgIpc) is 3.38. The number of carbonyl (C=O) groups excluding carboxylic acids is 2. The normalized spacial score (nSPS) is 17.9. The predicted octanol–water partition coefficient (Wildman–Crippen LogP) is 4.58. The Balaban J connectivity index is 1.27. The highest BCUT2D eigenvalue weighted by Gasteiger charge is 2.53. The van der Waals surface area contributed by atoms with Gasteiger partial charge >= 0.3 is 12.1 Å². The lowest BCUT2D eigenvalue weighted by molar-refractivity contribution is -0.156. The third-order valence-corrected chi connectivity index (χ3v) is 6.56. The summed E-state index contributed by atoms with van der Waals surface area (Å²) >= 11 is 0. The molecule has 0 spiro atoms. The molecule has 1 unspecified atom stereocenters. The molecule has 0 bridgehead atoms. The highest BCUT2D eigenvalue weighted by molar-refractivity contribution is 6.02. The molecule has 2 aliphatic rings. The van der Waals surface area contributed by atoms with Crippen LogP contribution in [0.2, 0.25) is 0 Å². The van der Waals surface area contributed by atoms with Crippen LogP contribution in [0.15, 0.2) is 65.3 Å². The Bertz CT molecular complexity index is 1250. The molecule has 2 heterocycles. The number of rotatable bonds is 5. The van der Waals surface area contributed by atoms with Gasteiger partial charge in [-0.1, -0.05) is 62.4 Å². The topological polar surface area (TPSA) is 109 Å². The van der Waals surface area contributed by atoms with Crippen molar-refractivity contribution in [2.45, 2.75) is 25.8 Å². The molecule has 34 heavy (non-hydrogen) atoms. The minimum absolute atomic E-state index is 0.0942. The van der Waals surface area contributed by atoms with E-state index >= 15 is 0 Å². The van der Waals surface area contributed by atoms with Gasteiger partial charge in [-0.15, -0.1) is 0 Å². The molecule has 8 heteroatoms. The maximum atomic E-state index is 12.9. The molecule has 1 fully saturated rings.